The number of halogens is 3. The lowest BCUT2D eigenvalue weighted by molar-refractivity contribution is -0.137. The number of aromatic nitrogens is 2. The van der Waals surface area contributed by atoms with E-state index in [1.807, 2.05) is 23.8 Å². The van der Waals surface area contributed by atoms with Crippen LogP contribution in [0.2, 0.25) is 0 Å². The van der Waals surface area contributed by atoms with Gasteiger partial charge in [-0.25, -0.2) is 0 Å². The topological polar surface area (TPSA) is 41.0 Å². The number of benzene rings is 1. The molecule has 4 nitrogen and oxygen atoms in total. The summed E-state index contributed by atoms with van der Waals surface area (Å²) in [7, 11) is 0. The standard InChI is InChI=1S/C21H21F3N4S/c22-21(23,24)17-5-3-15(4-6-17)20(16-2-1-9-25-12-16)27-18-7-10-28(11-8-18)19-13-26-14-29-19/h1-6,9,12-14,18,20,27H,7-8,10-11H2. The fourth-order valence-electron chi connectivity index (χ4n) is 3.66. The van der Waals surface area contributed by atoms with Crippen LogP contribution >= 0.6 is 11.3 Å². The van der Waals surface area contributed by atoms with Crippen molar-refractivity contribution in [3.8, 4) is 0 Å². The van der Waals surface area contributed by atoms with Crippen LogP contribution < -0.4 is 10.2 Å². The lowest BCUT2D eigenvalue weighted by atomic mass is 9.96. The summed E-state index contributed by atoms with van der Waals surface area (Å²) >= 11 is 1.64. The van der Waals surface area contributed by atoms with E-state index in [1.165, 1.54) is 5.00 Å². The molecule has 152 valence electrons. The quantitative estimate of drug-likeness (QED) is 0.640. The molecule has 0 saturated carbocycles. The van der Waals surface area contributed by atoms with Crippen molar-refractivity contribution < 1.29 is 13.2 Å². The summed E-state index contributed by atoms with van der Waals surface area (Å²) < 4.78 is 38.8. The number of hydrogen-bond donors (Lipinski definition) is 1. The largest absolute Gasteiger partial charge is 0.416 e. The van der Waals surface area contributed by atoms with Crippen LogP contribution in [-0.4, -0.2) is 29.1 Å². The van der Waals surface area contributed by atoms with Crippen LogP contribution in [0.5, 0.6) is 0 Å². The molecule has 8 heteroatoms. The molecule has 3 heterocycles. The van der Waals surface area contributed by atoms with Gasteiger partial charge in [0.1, 0.15) is 5.00 Å². The summed E-state index contributed by atoms with van der Waals surface area (Å²) in [6.07, 6.45) is 2.92. The zero-order chi connectivity index (χ0) is 20.3. The van der Waals surface area contributed by atoms with Crippen molar-refractivity contribution in [2.45, 2.75) is 31.1 Å². The van der Waals surface area contributed by atoms with E-state index in [1.54, 1.807) is 35.9 Å². The van der Waals surface area contributed by atoms with Gasteiger partial charge in [-0.1, -0.05) is 18.2 Å². The smallest absolute Gasteiger partial charge is 0.362 e. The predicted octanol–water partition coefficient (Wildman–Crippen LogP) is 4.90. The second kappa shape index (κ2) is 8.51. The van der Waals surface area contributed by atoms with Crippen molar-refractivity contribution in [1.29, 1.82) is 0 Å². The van der Waals surface area contributed by atoms with E-state index < -0.39 is 11.7 Å². The van der Waals surface area contributed by atoms with E-state index in [4.69, 9.17) is 0 Å². The fourth-order valence-corrected chi connectivity index (χ4v) is 4.35. The molecule has 0 amide bonds. The van der Waals surface area contributed by atoms with Gasteiger partial charge in [0.05, 0.1) is 23.3 Å². The maximum atomic E-state index is 12.9. The molecule has 0 radical (unpaired) electrons. The summed E-state index contributed by atoms with van der Waals surface area (Å²) in [5, 5.41) is 4.83. The molecule has 0 bridgehead atoms. The van der Waals surface area contributed by atoms with Gasteiger partial charge in [-0.05, 0) is 42.2 Å². The lowest BCUT2D eigenvalue weighted by Gasteiger charge is -2.35. The number of anilines is 1. The predicted molar refractivity (Wildman–Crippen MR) is 108 cm³/mol. The molecule has 1 aliphatic heterocycles. The van der Waals surface area contributed by atoms with Gasteiger partial charge < -0.3 is 10.2 Å². The van der Waals surface area contributed by atoms with Gasteiger partial charge in [-0.3, -0.25) is 9.97 Å². The first-order chi connectivity index (χ1) is 14.0. The molecule has 1 N–H and O–H groups in total. The van der Waals surface area contributed by atoms with Crippen LogP contribution in [0.15, 0.2) is 60.5 Å². The number of nitrogens with zero attached hydrogens (tertiary/aromatic N) is 3. The van der Waals surface area contributed by atoms with E-state index in [0.717, 1.165) is 49.2 Å². The summed E-state index contributed by atoms with van der Waals surface area (Å²) in [6.45, 7) is 1.85. The van der Waals surface area contributed by atoms with Crippen molar-refractivity contribution in [2.24, 2.45) is 0 Å². The Hall–Kier alpha value is -2.45. The third-order valence-corrected chi connectivity index (χ3v) is 6.05. The van der Waals surface area contributed by atoms with Gasteiger partial charge in [0.15, 0.2) is 0 Å². The highest BCUT2D eigenvalue weighted by Crippen LogP contribution is 2.32. The van der Waals surface area contributed by atoms with Crippen LogP contribution in [0, 0.1) is 0 Å². The highest BCUT2D eigenvalue weighted by Gasteiger charge is 2.31. The van der Waals surface area contributed by atoms with Gasteiger partial charge in [0.2, 0.25) is 0 Å². The van der Waals surface area contributed by atoms with E-state index in [-0.39, 0.29) is 12.1 Å². The number of piperidine rings is 1. The van der Waals surface area contributed by atoms with Gasteiger partial charge in [-0.2, -0.15) is 13.2 Å². The van der Waals surface area contributed by atoms with Gasteiger partial charge in [-0.15, -0.1) is 11.3 Å². The summed E-state index contributed by atoms with van der Waals surface area (Å²) in [6, 6.07) is 9.27. The minimum Gasteiger partial charge on any atom is -0.362 e. The molecule has 4 rings (SSSR count). The molecule has 1 aromatic carbocycles. The Balaban J connectivity index is 1.50. The number of pyridine rings is 1. The number of nitrogens with one attached hydrogen (secondary N) is 1. The van der Waals surface area contributed by atoms with Gasteiger partial charge in [0.25, 0.3) is 0 Å². The fraction of sp³-hybridized carbons (Fsp3) is 0.333. The molecule has 0 aliphatic carbocycles. The van der Waals surface area contributed by atoms with Crippen molar-refractivity contribution in [3.63, 3.8) is 0 Å². The minimum absolute atomic E-state index is 0.203. The van der Waals surface area contributed by atoms with Crippen LogP contribution in [0.3, 0.4) is 0 Å². The molecule has 2 aromatic heterocycles. The zero-order valence-electron chi connectivity index (χ0n) is 15.6. The SMILES string of the molecule is FC(F)(F)c1ccc(C(NC2CCN(c3cncs3)CC2)c2cccnc2)cc1. The molecule has 1 saturated heterocycles. The number of rotatable bonds is 5. The molecular weight excluding hydrogens is 397 g/mol. The highest BCUT2D eigenvalue weighted by molar-refractivity contribution is 7.13. The first kappa shape index (κ1) is 19.8. The van der Waals surface area contributed by atoms with Crippen LogP contribution in [-0.2, 0) is 6.18 Å². The summed E-state index contributed by atoms with van der Waals surface area (Å²) in [5.41, 5.74) is 2.94. The van der Waals surface area contributed by atoms with E-state index in [9.17, 15) is 13.2 Å². The zero-order valence-corrected chi connectivity index (χ0v) is 16.5. The molecule has 1 atom stereocenters. The second-order valence-corrected chi connectivity index (χ2v) is 7.97. The van der Waals surface area contributed by atoms with Crippen molar-refractivity contribution in [3.05, 3.63) is 77.2 Å². The van der Waals surface area contributed by atoms with Crippen LogP contribution in [0.4, 0.5) is 18.2 Å². The monoisotopic (exact) mass is 418 g/mol. The number of alkyl halides is 3. The summed E-state index contributed by atoms with van der Waals surface area (Å²) in [4.78, 5) is 10.7. The third kappa shape index (κ3) is 4.76. The van der Waals surface area contributed by atoms with E-state index >= 15 is 0 Å². The van der Waals surface area contributed by atoms with Crippen LogP contribution in [0.1, 0.15) is 35.6 Å². The highest BCUT2D eigenvalue weighted by atomic mass is 32.1. The second-order valence-electron chi connectivity index (χ2n) is 7.11. The maximum absolute atomic E-state index is 12.9. The van der Waals surface area contributed by atoms with Gasteiger partial charge in [0, 0.05) is 31.5 Å². The molecule has 1 unspecified atom stereocenters. The van der Waals surface area contributed by atoms with Gasteiger partial charge >= 0.3 is 6.18 Å². The Morgan fingerprint density at radius 1 is 1.00 bits per heavy atom. The van der Waals surface area contributed by atoms with Crippen molar-refractivity contribution >= 4 is 16.3 Å². The first-order valence-electron chi connectivity index (χ1n) is 9.47. The molecule has 29 heavy (non-hydrogen) atoms. The Bertz CT molecular complexity index is 890. The van der Waals surface area contributed by atoms with Crippen molar-refractivity contribution in [1.82, 2.24) is 15.3 Å². The number of hydrogen-bond acceptors (Lipinski definition) is 5. The lowest BCUT2D eigenvalue weighted by Crippen LogP contribution is -2.43. The summed E-state index contributed by atoms with van der Waals surface area (Å²) in [5.74, 6) is 0. The Labute approximate surface area is 171 Å². The van der Waals surface area contributed by atoms with E-state index in [2.05, 4.69) is 20.2 Å². The maximum Gasteiger partial charge on any atom is 0.416 e. The van der Waals surface area contributed by atoms with Crippen molar-refractivity contribution in [2.75, 3.05) is 18.0 Å². The third-order valence-electron chi connectivity index (χ3n) is 5.22. The molecule has 1 fully saturated rings. The molecule has 0 spiro atoms. The molecule has 3 aromatic rings. The average molecular weight is 418 g/mol. The Morgan fingerprint density at radius 2 is 1.76 bits per heavy atom. The van der Waals surface area contributed by atoms with E-state index in [0.29, 0.717) is 0 Å². The Kier molecular flexibility index (Phi) is 5.82. The molecular formula is C21H21F3N4S. The average Bonchev–Trinajstić information content (AvgIpc) is 3.27. The first-order valence-corrected chi connectivity index (χ1v) is 10.4. The Morgan fingerprint density at radius 3 is 2.34 bits per heavy atom. The normalized spacial score (nSPS) is 16.7. The molecule has 1 aliphatic rings. The minimum atomic E-state index is -4.33. The number of thiazole rings is 1. The van der Waals surface area contributed by atoms with Crippen LogP contribution in [0.25, 0.3) is 0 Å².